The number of nitrogens with one attached hydrogen (secondary N) is 1. The van der Waals surface area contributed by atoms with E-state index >= 15 is 0 Å². The lowest BCUT2D eigenvalue weighted by Gasteiger charge is -2.27. The van der Waals surface area contributed by atoms with E-state index in [4.69, 9.17) is 4.74 Å². The van der Waals surface area contributed by atoms with Crippen molar-refractivity contribution in [2.75, 3.05) is 6.61 Å². The molecule has 0 spiro atoms. The number of ether oxygens (including phenoxy) is 1. The number of hydroxylamine groups is 1. The monoisotopic (exact) mass is 241 g/mol. The Morgan fingerprint density at radius 3 is 2.25 bits per heavy atom. The Labute approximate surface area is 93.2 Å². The summed E-state index contributed by atoms with van der Waals surface area (Å²) >= 11 is 0. The number of halogens is 3. The normalized spacial score (nSPS) is 28.3. The molecule has 1 rings (SSSR count). The molecule has 0 saturated carbocycles. The first-order valence-corrected chi connectivity index (χ1v) is 5.16. The summed E-state index contributed by atoms with van der Waals surface area (Å²) in [7, 11) is 0. The highest BCUT2D eigenvalue weighted by molar-refractivity contribution is 4.97. The molecule has 0 aromatic rings. The molecular formula is C10H18F3NO2. The first-order chi connectivity index (χ1) is 7.02. The van der Waals surface area contributed by atoms with Gasteiger partial charge in [0.2, 0.25) is 0 Å². The van der Waals surface area contributed by atoms with E-state index in [0.29, 0.717) is 6.42 Å². The first kappa shape index (κ1) is 13.7. The summed E-state index contributed by atoms with van der Waals surface area (Å²) in [4.78, 5) is 4.46. The van der Waals surface area contributed by atoms with Crippen molar-refractivity contribution in [1.29, 1.82) is 0 Å². The SMILES string of the molecule is CC1(C)CC(NOCC(F)(F)F)C(C)(C)O1. The molecule has 0 radical (unpaired) electrons. The molecule has 1 unspecified atom stereocenters. The molecule has 0 bridgehead atoms. The van der Waals surface area contributed by atoms with Crippen molar-refractivity contribution < 1.29 is 22.7 Å². The van der Waals surface area contributed by atoms with E-state index < -0.39 is 18.4 Å². The lowest BCUT2D eigenvalue weighted by Crippen LogP contribution is -2.44. The fourth-order valence-electron chi connectivity index (χ4n) is 1.97. The van der Waals surface area contributed by atoms with Crippen LogP contribution in [0.15, 0.2) is 0 Å². The first-order valence-electron chi connectivity index (χ1n) is 5.16. The zero-order valence-corrected chi connectivity index (χ0v) is 9.94. The van der Waals surface area contributed by atoms with Gasteiger partial charge in [-0.25, -0.2) is 0 Å². The molecule has 1 aliphatic heterocycles. The van der Waals surface area contributed by atoms with Crippen LogP contribution in [0.5, 0.6) is 0 Å². The van der Waals surface area contributed by atoms with E-state index in [1.807, 2.05) is 27.7 Å². The Balaban J connectivity index is 2.43. The second-order valence-corrected chi connectivity index (χ2v) is 5.24. The van der Waals surface area contributed by atoms with Crippen LogP contribution in [0.25, 0.3) is 0 Å². The van der Waals surface area contributed by atoms with Crippen LogP contribution in [0, 0.1) is 0 Å². The molecule has 1 atom stereocenters. The lowest BCUT2D eigenvalue weighted by atomic mass is 9.95. The minimum Gasteiger partial charge on any atom is -0.368 e. The molecule has 0 aromatic heterocycles. The third-order valence-corrected chi connectivity index (χ3v) is 2.54. The maximum Gasteiger partial charge on any atom is 0.413 e. The van der Waals surface area contributed by atoms with Crippen LogP contribution in [0.3, 0.4) is 0 Å². The Morgan fingerprint density at radius 2 is 1.88 bits per heavy atom. The third-order valence-electron chi connectivity index (χ3n) is 2.54. The maximum atomic E-state index is 11.9. The van der Waals surface area contributed by atoms with Crippen LogP contribution in [-0.2, 0) is 9.57 Å². The summed E-state index contributed by atoms with van der Waals surface area (Å²) in [6, 6.07) is -0.246. The Bertz CT molecular complexity index is 251. The summed E-state index contributed by atoms with van der Waals surface area (Å²) in [5.41, 5.74) is 1.56. The predicted octanol–water partition coefficient (Wildman–Crippen LogP) is 2.42. The predicted molar refractivity (Wildman–Crippen MR) is 52.8 cm³/mol. The number of alkyl halides is 3. The fraction of sp³-hybridized carbons (Fsp3) is 1.00. The summed E-state index contributed by atoms with van der Waals surface area (Å²) in [6.45, 7) is 6.17. The minimum atomic E-state index is -4.31. The van der Waals surface area contributed by atoms with Gasteiger partial charge in [0.05, 0.1) is 17.2 Å². The molecule has 1 aliphatic rings. The fourth-order valence-corrected chi connectivity index (χ4v) is 1.97. The van der Waals surface area contributed by atoms with Crippen LogP contribution < -0.4 is 5.48 Å². The number of hydrogen-bond donors (Lipinski definition) is 1. The Kier molecular flexibility index (Phi) is 3.57. The second-order valence-electron chi connectivity index (χ2n) is 5.24. The lowest BCUT2D eigenvalue weighted by molar-refractivity contribution is -0.197. The molecule has 0 amide bonds. The van der Waals surface area contributed by atoms with Gasteiger partial charge in [-0.3, -0.25) is 4.84 Å². The van der Waals surface area contributed by atoms with E-state index in [9.17, 15) is 13.2 Å². The van der Waals surface area contributed by atoms with Gasteiger partial charge in [-0.2, -0.15) is 18.7 Å². The highest BCUT2D eigenvalue weighted by atomic mass is 19.4. The zero-order valence-electron chi connectivity index (χ0n) is 9.94. The topological polar surface area (TPSA) is 30.5 Å². The van der Waals surface area contributed by atoms with Gasteiger partial charge in [0, 0.05) is 0 Å². The van der Waals surface area contributed by atoms with Gasteiger partial charge < -0.3 is 4.74 Å². The van der Waals surface area contributed by atoms with Crippen LogP contribution in [0.1, 0.15) is 34.1 Å². The van der Waals surface area contributed by atoms with E-state index in [1.165, 1.54) is 0 Å². The molecule has 3 nitrogen and oxygen atoms in total. The van der Waals surface area contributed by atoms with Gasteiger partial charge in [0.15, 0.2) is 6.61 Å². The number of hydrogen-bond acceptors (Lipinski definition) is 3. The van der Waals surface area contributed by atoms with Crippen molar-refractivity contribution in [3.05, 3.63) is 0 Å². The average Bonchev–Trinajstić information content (AvgIpc) is 2.16. The Hall–Kier alpha value is -0.330. The van der Waals surface area contributed by atoms with Crippen molar-refractivity contribution >= 4 is 0 Å². The molecule has 6 heteroatoms. The molecule has 1 fully saturated rings. The van der Waals surface area contributed by atoms with Crippen LogP contribution >= 0.6 is 0 Å². The zero-order chi connectivity index (χ0) is 12.6. The summed E-state index contributed by atoms with van der Waals surface area (Å²) in [5, 5.41) is 0. The maximum absolute atomic E-state index is 11.9. The molecule has 1 heterocycles. The van der Waals surface area contributed by atoms with Crippen LogP contribution in [0.2, 0.25) is 0 Å². The largest absolute Gasteiger partial charge is 0.413 e. The van der Waals surface area contributed by atoms with Crippen molar-refractivity contribution in [1.82, 2.24) is 5.48 Å². The van der Waals surface area contributed by atoms with E-state index in [-0.39, 0.29) is 11.6 Å². The summed E-state index contributed by atoms with van der Waals surface area (Å²) in [5.74, 6) is 0. The Morgan fingerprint density at radius 1 is 1.31 bits per heavy atom. The third kappa shape index (κ3) is 3.92. The average molecular weight is 241 g/mol. The molecule has 96 valence electrons. The van der Waals surface area contributed by atoms with Gasteiger partial charge in [-0.05, 0) is 34.1 Å². The van der Waals surface area contributed by atoms with E-state index in [1.54, 1.807) is 0 Å². The molecule has 0 aliphatic carbocycles. The standard InChI is InChI=1S/C10H18F3NO2/c1-8(2)5-7(9(3,4)16-8)14-15-6-10(11,12)13/h7,14H,5-6H2,1-4H3. The van der Waals surface area contributed by atoms with Crippen molar-refractivity contribution in [2.24, 2.45) is 0 Å². The summed E-state index contributed by atoms with van der Waals surface area (Å²) in [6.07, 6.45) is -3.70. The second kappa shape index (κ2) is 4.16. The highest BCUT2D eigenvalue weighted by Gasteiger charge is 2.46. The van der Waals surface area contributed by atoms with Gasteiger partial charge in [-0.15, -0.1) is 0 Å². The molecule has 1 N–H and O–H groups in total. The van der Waals surface area contributed by atoms with Crippen molar-refractivity contribution in [3.8, 4) is 0 Å². The van der Waals surface area contributed by atoms with Crippen LogP contribution in [-0.4, -0.2) is 30.0 Å². The molecule has 16 heavy (non-hydrogen) atoms. The van der Waals surface area contributed by atoms with Crippen LogP contribution in [0.4, 0.5) is 13.2 Å². The molecular weight excluding hydrogens is 223 g/mol. The van der Waals surface area contributed by atoms with Gasteiger partial charge in [0.25, 0.3) is 0 Å². The summed E-state index contributed by atoms with van der Waals surface area (Å²) < 4.78 is 41.3. The number of rotatable bonds is 3. The smallest absolute Gasteiger partial charge is 0.368 e. The quantitative estimate of drug-likeness (QED) is 0.770. The van der Waals surface area contributed by atoms with E-state index in [2.05, 4.69) is 10.3 Å². The van der Waals surface area contributed by atoms with Crippen molar-refractivity contribution in [3.63, 3.8) is 0 Å². The molecule has 0 aromatic carbocycles. The van der Waals surface area contributed by atoms with Crippen molar-refractivity contribution in [2.45, 2.75) is 57.5 Å². The molecule has 1 saturated heterocycles. The van der Waals surface area contributed by atoms with E-state index in [0.717, 1.165) is 0 Å². The van der Waals surface area contributed by atoms with Gasteiger partial charge in [-0.1, -0.05) is 0 Å². The minimum absolute atomic E-state index is 0.246. The van der Waals surface area contributed by atoms with Gasteiger partial charge >= 0.3 is 6.18 Å². The highest BCUT2D eigenvalue weighted by Crippen LogP contribution is 2.37. The van der Waals surface area contributed by atoms with Gasteiger partial charge in [0.1, 0.15) is 0 Å².